The summed E-state index contributed by atoms with van der Waals surface area (Å²) in [6.45, 7) is 0. The topological polar surface area (TPSA) is 43.8 Å². The molecule has 2 aliphatic carbocycles. The Hall–Kier alpha value is -1.19. The van der Waals surface area contributed by atoms with Crippen LogP contribution in [0.15, 0.2) is 18.2 Å². The first kappa shape index (κ1) is 13.5. The Morgan fingerprint density at radius 1 is 1.14 bits per heavy atom. The van der Waals surface area contributed by atoms with Gasteiger partial charge < -0.3 is 5.73 Å². The van der Waals surface area contributed by atoms with Crippen LogP contribution in [0.1, 0.15) is 30.9 Å². The number of rotatable bonds is 2. The average molecular weight is 322 g/mol. The second-order valence-electron chi connectivity index (χ2n) is 6.32. The molecule has 0 bridgehead atoms. The lowest BCUT2D eigenvalue weighted by Gasteiger charge is -2.12. The molecule has 110 valence electrons. The van der Waals surface area contributed by atoms with E-state index in [9.17, 15) is 0 Å². The van der Waals surface area contributed by atoms with Gasteiger partial charge in [-0.2, -0.15) is 5.10 Å². The molecule has 1 heterocycles. The molecule has 2 N–H and O–H groups in total. The van der Waals surface area contributed by atoms with Crippen LogP contribution in [-0.4, -0.2) is 9.78 Å². The summed E-state index contributed by atoms with van der Waals surface area (Å²) >= 11 is 12.2. The SMILES string of the molecule is Cn1nc(C2CC3CC3C2)c(-c2ccc(Cl)c(Cl)c2)c1N. The largest absolute Gasteiger partial charge is 0.383 e. The lowest BCUT2D eigenvalue weighted by atomic mass is 9.93. The molecule has 3 nitrogen and oxygen atoms in total. The first-order valence-corrected chi connectivity index (χ1v) is 8.08. The van der Waals surface area contributed by atoms with Gasteiger partial charge in [-0.05, 0) is 48.8 Å². The zero-order valence-corrected chi connectivity index (χ0v) is 13.3. The molecule has 0 saturated heterocycles. The summed E-state index contributed by atoms with van der Waals surface area (Å²) in [7, 11) is 1.90. The van der Waals surface area contributed by atoms with Crippen molar-refractivity contribution in [2.75, 3.05) is 5.73 Å². The van der Waals surface area contributed by atoms with E-state index >= 15 is 0 Å². The molecule has 5 heteroatoms. The molecule has 0 amide bonds. The van der Waals surface area contributed by atoms with E-state index in [0.29, 0.717) is 21.8 Å². The predicted octanol–water partition coefficient (Wildman–Crippen LogP) is 4.49. The molecular formula is C16H17Cl2N3. The van der Waals surface area contributed by atoms with Gasteiger partial charge in [0.1, 0.15) is 5.82 Å². The molecular weight excluding hydrogens is 305 g/mol. The fraction of sp³-hybridized carbons (Fsp3) is 0.438. The highest BCUT2D eigenvalue weighted by Gasteiger charge is 2.47. The molecule has 2 aromatic rings. The van der Waals surface area contributed by atoms with Gasteiger partial charge in [0, 0.05) is 18.5 Å². The number of hydrogen-bond acceptors (Lipinski definition) is 2. The Balaban J connectivity index is 1.81. The Labute approximate surface area is 134 Å². The third kappa shape index (κ3) is 2.14. The van der Waals surface area contributed by atoms with Gasteiger partial charge in [-0.1, -0.05) is 29.3 Å². The van der Waals surface area contributed by atoms with Crippen LogP contribution in [0, 0.1) is 11.8 Å². The maximum absolute atomic E-state index is 6.26. The minimum atomic E-state index is 0.529. The van der Waals surface area contributed by atoms with E-state index in [1.54, 1.807) is 4.68 Å². The van der Waals surface area contributed by atoms with Gasteiger partial charge in [-0.3, -0.25) is 4.68 Å². The van der Waals surface area contributed by atoms with Crippen LogP contribution >= 0.6 is 23.2 Å². The number of nitrogens with zero attached hydrogens (tertiary/aromatic N) is 2. The molecule has 0 radical (unpaired) electrons. The van der Waals surface area contributed by atoms with Crippen molar-refractivity contribution in [1.29, 1.82) is 0 Å². The second-order valence-corrected chi connectivity index (χ2v) is 7.14. The zero-order chi connectivity index (χ0) is 14.7. The number of fused-ring (bicyclic) bond motifs is 1. The first-order chi connectivity index (χ1) is 10.0. The van der Waals surface area contributed by atoms with E-state index in [1.165, 1.54) is 19.3 Å². The Morgan fingerprint density at radius 3 is 2.52 bits per heavy atom. The minimum Gasteiger partial charge on any atom is -0.383 e. The van der Waals surface area contributed by atoms with Crippen molar-refractivity contribution in [1.82, 2.24) is 9.78 Å². The van der Waals surface area contributed by atoms with Gasteiger partial charge in [0.05, 0.1) is 15.7 Å². The highest BCUT2D eigenvalue weighted by Crippen LogP contribution is 2.58. The van der Waals surface area contributed by atoms with E-state index in [-0.39, 0.29) is 0 Å². The minimum absolute atomic E-state index is 0.529. The van der Waals surface area contributed by atoms with Gasteiger partial charge in [-0.25, -0.2) is 0 Å². The van der Waals surface area contributed by atoms with Crippen molar-refractivity contribution >= 4 is 29.0 Å². The molecule has 2 saturated carbocycles. The van der Waals surface area contributed by atoms with Crippen LogP contribution in [0.2, 0.25) is 10.0 Å². The number of hydrogen-bond donors (Lipinski definition) is 1. The molecule has 2 fully saturated rings. The van der Waals surface area contributed by atoms with E-state index in [4.69, 9.17) is 34.0 Å². The van der Waals surface area contributed by atoms with Crippen molar-refractivity contribution in [3.05, 3.63) is 33.9 Å². The third-order valence-corrected chi connectivity index (χ3v) is 5.70. The number of aromatic nitrogens is 2. The maximum Gasteiger partial charge on any atom is 0.129 e. The molecule has 2 aliphatic rings. The lowest BCUT2D eigenvalue weighted by molar-refractivity contribution is 0.594. The number of aryl methyl sites for hydroxylation is 1. The molecule has 0 aliphatic heterocycles. The van der Waals surface area contributed by atoms with Gasteiger partial charge in [0.2, 0.25) is 0 Å². The van der Waals surface area contributed by atoms with Crippen LogP contribution in [0.25, 0.3) is 11.1 Å². The quantitative estimate of drug-likeness (QED) is 0.885. The van der Waals surface area contributed by atoms with Gasteiger partial charge in [0.15, 0.2) is 0 Å². The van der Waals surface area contributed by atoms with Crippen molar-refractivity contribution in [3.8, 4) is 11.1 Å². The molecule has 4 rings (SSSR count). The fourth-order valence-electron chi connectivity index (χ4n) is 3.73. The fourth-order valence-corrected chi connectivity index (χ4v) is 4.03. The van der Waals surface area contributed by atoms with Crippen molar-refractivity contribution in [2.45, 2.75) is 25.2 Å². The number of halogens is 2. The highest BCUT2D eigenvalue weighted by molar-refractivity contribution is 6.42. The summed E-state index contributed by atoms with van der Waals surface area (Å²) in [5.74, 6) is 3.06. The van der Waals surface area contributed by atoms with Crippen molar-refractivity contribution < 1.29 is 0 Å². The summed E-state index contributed by atoms with van der Waals surface area (Å²) in [6.07, 6.45) is 3.89. The molecule has 0 spiro atoms. The molecule has 21 heavy (non-hydrogen) atoms. The molecule has 1 aromatic heterocycles. The predicted molar refractivity (Wildman–Crippen MR) is 86.6 cm³/mol. The normalized spacial score (nSPS) is 26.9. The molecule has 2 atom stereocenters. The Bertz CT molecular complexity index is 713. The van der Waals surface area contributed by atoms with E-state index < -0.39 is 0 Å². The summed E-state index contributed by atoms with van der Waals surface area (Å²) in [5, 5.41) is 5.81. The molecule has 2 unspecified atom stereocenters. The van der Waals surface area contributed by atoms with Crippen molar-refractivity contribution in [2.24, 2.45) is 18.9 Å². The number of anilines is 1. The Kier molecular flexibility index (Phi) is 2.98. The highest BCUT2D eigenvalue weighted by atomic mass is 35.5. The summed E-state index contributed by atoms with van der Waals surface area (Å²) in [6, 6.07) is 5.68. The summed E-state index contributed by atoms with van der Waals surface area (Å²) in [5.41, 5.74) is 9.42. The van der Waals surface area contributed by atoms with Crippen LogP contribution in [0.3, 0.4) is 0 Å². The summed E-state index contributed by atoms with van der Waals surface area (Å²) < 4.78 is 1.77. The van der Waals surface area contributed by atoms with E-state index in [0.717, 1.165) is 28.7 Å². The summed E-state index contributed by atoms with van der Waals surface area (Å²) in [4.78, 5) is 0. The standard InChI is InChI=1S/C16H17Cl2N3/c1-21-16(19)14(8-2-3-12(17)13(18)7-8)15(20-21)11-5-9-4-10(9)6-11/h2-3,7,9-11H,4-6,19H2,1H3. The van der Waals surface area contributed by atoms with E-state index in [2.05, 4.69) is 0 Å². The Morgan fingerprint density at radius 2 is 1.86 bits per heavy atom. The second kappa shape index (κ2) is 4.65. The average Bonchev–Trinajstić information content (AvgIpc) is 2.95. The number of benzene rings is 1. The van der Waals surface area contributed by atoms with Gasteiger partial charge in [-0.15, -0.1) is 0 Å². The zero-order valence-electron chi connectivity index (χ0n) is 11.8. The first-order valence-electron chi connectivity index (χ1n) is 7.32. The van der Waals surface area contributed by atoms with Crippen LogP contribution in [-0.2, 0) is 7.05 Å². The maximum atomic E-state index is 6.26. The lowest BCUT2D eigenvalue weighted by Crippen LogP contribution is -2.00. The number of nitrogens with two attached hydrogens (primary N) is 1. The van der Waals surface area contributed by atoms with Crippen LogP contribution < -0.4 is 5.73 Å². The third-order valence-electron chi connectivity index (χ3n) is 4.96. The van der Waals surface area contributed by atoms with Crippen molar-refractivity contribution in [3.63, 3.8) is 0 Å². The molecule has 1 aromatic carbocycles. The van der Waals surface area contributed by atoms with Crippen LogP contribution in [0.4, 0.5) is 5.82 Å². The van der Waals surface area contributed by atoms with Crippen LogP contribution in [0.5, 0.6) is 0 Å². The number of nitrogen functional groups attached to an aromatic ring is 1. The van der Waals surface area contributed by atoms with Gasteiger partial charge in [0.25, 0.3) is 0 Å². The van der Waals surface area contributed by atoms with E-state index in [1.807, 2.05) is 25.2 Å². The van der Waals surface area contributed by atoms with Gasteiger partial charge >= 0.3 is 0 Å². The monoisotopic (exact) mass is 321 g/mol. The smallest absolute Gasteiger partial charge is 0.129 e.